The Hall–Kier alpha value is -2.22. The number of nitrogens with one attached hydrogen (secondary N) is 1. The second kappa shape index (κ2) is 6.69. The number of anilines is 2. The predicted molar refractivity (Wildman–Crippen MR) is 86.6 cm³/mol. The lowest BCUT2D eigenvalue weighted by Gasteiger charge is -2.17. The van der Waals surface area contributed by atoms with E-state index in [9.17, 15) is 10.1 Å². The first-order valence-electron chi connectivity index (χ1n) is 7.26. The molecule has 8 heteroatoms. The van der Waals surface area contributed by atoms with Gasteiger partial charge in [-0.2, -0.15) is 0 Å². The fraction of sp³-hybridized carbons (Fsp3) is 0.429. The van der Waals surface area contributed by atoms with E-state index in [0.717, 1.165) is 32.4 Å². The van der Waals surface area contributed by atoms with Crippen molar-refractivity contribution in [3.63, 3.8) is 0 Å². The minimum absolute atomic E-state index is 0.0180. The lowest BCUT2D eigenvalue weighted by Crippen LogP contribution is -2.21. The first-order valence-corrected chi connectivity index (χ1v) is 8.14. The normalized spacial score (nSPS) is 14.3. The van der Waals surface area contributed by atoms with Gasteiger partial charge >= 0.3 is 5.69 Å². The molecule has 0 spiro atoms. The van der Waals surface area contributed by atoms with Crippen LogP contribution in [0.15, 0.2) is 23.8 Å². The Labute approximate surface area is 132 Å². The molecule has 1 fully saturated rings. The second-order valence-electron chi connectivity index (χ2n) is 5.10. The van der Waals surface area contributed by atoms with Gasteiger partial charge in [0, 0.05) is 24.5 Å². The maximum atomic E-state index is 11.5. The molecular weight excluding hydrogens is 302 g/mol. The number of nitro groups is 1. The first-order chi connectivity index (χ1) is 10.8. The molecule has 116 valence electrons. The molecule has 1 saturated heterocycles. The van der Waals surface area contributed by atoms with E-state index in [1.165, 1.54) is 11.2 Å². The van der Waals surface area contributed by atoms with Crippen molar-refractivity contribution in [2.45, 2.75) is 19.3 Å². The molecule has 1 aliphatic rings. The van der Waals surface area contributed by atoms with Crippen molar-refractivity contribution >= 4 is 28.7 Å². The highest BCUT2D eigenvalue weighted by atomic mass is 32.1. The van der Waals surface area contributed by atoms with E-state index < -0.39 is 0 Å². The van der Waals surface area contributed by atoms with Gasteiger partial charge in [-0.1, -0.05) is 6.07 Å². The number of aromatic nitrogens is 2. The molecular formula is C14H17N5O2S. The summed E-state index contributed by atoms with van der Waals surface area (Å²) in [4.78, 5) is 22.5. The topological polar surface area (TPSA) is 84.2 Å². The van der Waals surface area contributed by atoms with Crippen molar-refractivity contribution in [1.29, 1.82) is 0 Å². The average molecular weight is 319 g/mol. The van der Waals surface area contributed by atoms with Crippen molar-refractivity contribution < 1.29 is 4.92 Å². The van der Waals surface area contributed by atoms with Gasteiger partial charge in [0.2, 0.25) is 11.6 Å². The summed E-state index contributed by atoms with van der Waals surface area (Å²) in [6.07, 6.45) is 4.30. The van der Waals surface area contributed by atoms with E-state index >= 15 is 0 Å². The molecule has 0 aromatic carbocycles. The number of hydrogen-bond acceptors (Lipinski definition) is 7. The molecule has 1 aliphatic heterocycles. The predicted octanol–water partition coefficient (Wildman–Crippen LogP) is 2.70. The van der Waals surface area contributed by atoms with Crippen LogP contribution in [0.5, 0.6) is 0 Å². The Bertz CT molecular complexity index is 641. The van der Waals surface area contributed by atoms with Gasteiger partial charge in [0.05, 0.1) is 4.92 Å². The van der Waals surface area contributed by atoms with Crippen LogP contribution in [0.3, 0.4) is 0 Å². The smallest absolute Gasteiger partial charge is 0.353 e. The fourth-order valence-electron chi connectivity index (χ4n) is 2.59. The minimum Gasteiger partial charge on any atom is -0.364 e. The van der Waals surface area contributed by atoms with Gasteiger partial charge in [0.15, 0.2) is 0 Å². The fourth-order valence-corrected chi connectivity index (χ4v) is 3.30. The van der Waals surface area contributed by atoms with Crippen LogP contribution in [0, 0.1) is 10.1 Å². The molecule has 7 nitrogen and oxygen atoms in total. The summed E-state index contributed by atoms with van der Waals surface area (Å²) in [5.41, 5.74) is -0.0180. The minimum atomic E-state index is -0.388. The molecule has 0 amide bonds. The zero-order valence-electron chi connectivity index (χ0n) is 12.1. The third kappa shape index (κ3) is 3.16. The van der Waals surface area contributed by atoms with E-state index in [1.54, 1.807) is 11.3 Å². The molecule has 0 radical (unpaired) electrons. The number of thiophene rings is 1. The zero-order chi connectivity index (χ0) is 15.4. The van der Waals surface area contributed by atoms with Crippen LogP contribution in [0.25, 0.3) is 0 Å². The van der Waals surface area contributed by atoms with Gasteiger partial charge < -0.3 is 10.2 Å². The van der Waals surface area contributed by atoms with Crippen LogP contribution in [0.2, 0.25) is 0 Å². The van der Waals surface area contributed by atoms with Gasteiger partial charge in [0.25, 0.3) is 0 Å². The molecule has 0 bridgehead atoms. The van der Waals surface area contributed by atoms with Gasteiger partial charge in [0.1, 0.15) is 6.33 Å². The molecule has 3 heterocycles. The molecule has 0 unspecified atom stereocenters. The molecule has 0 atom stereocenters. The van der Waals surface area contributed by atoms with Crippen LogP contribution in [-0.4, -0.2) is 34.5 Å². The van der Waals surface area contributed by atoms with Crippen molar-refractivity contribution in [2.75, 3.05) is 29.9 Å². The Kier molecular flexibility index (Phi) is 4.47. The molecule has 0 saturated carbocycles. The lowest BCUT2D eigenvalue weighted by atomic mass is 10.3. The van der Waals surface area contributed by atoms with Crippen LogP contribution in [-0.2, 0) is 6.42 Å². The van der Waals surface area contributed by atoms with Gasteiger partial charge in [-0.25, -0.2) is 9.97 Å². The quantitative estimate of drug-likeness (QED) is 0.651. The van der Waals surface area contributed by atoms with E-state index in [1.807, 2.05) is 16.3 Å². The number of hydrogen-bond donors (Lipinski definition) is 1. The Balaban J connectivity index is 1.77. The summed E-state index contributed by atoms with van der Waals surface area (Å²) >= 11 is 1.68. The summed E-state index contributed by atoms with van der Waals surface area (Å²) in [6.45, 7) is 2.23. The maximum absolute atomic E-state index is 11.5. The largest absolute Gasteiger partial charge is 0.364 e. The number of rotatable bonds is 6. The molecule has 2 aromatic heterocycles. The zero-order valence-corrected chi connectivity index (χ0v) is 12.9. The summed E-state index contributed by atoms with van der Waals surface area (Å²) in [5, 5.41) is 16.6. The average Bonchev–Trinajstić information content (AvgIpc) is 3.20. The Morgan fingerprint density at radius 3 is 2.86 bits per heavy atom. The van der Waals surface area contributed by atoms with Gasteiger partial charge in [-0.3, -0.25) is 10.1 Å². The Morgan fingerprint density at radius 1 is 1.36 bits per heavy atom. The highest BCUT2D eigenvalue weighted by Gasteiger charge is 2.28. The summed E-state index contributed by atoms with van der Waals surface area (Å²) in [5.74, 6) is 0.731. The highest BCUT2D eigenvalue weighted by molar-refractivity contribution is 7.09. The van der Waals surface area contributed by atoms with Crippen molar-refractivity contribution in [1.82, 2.24) is 9.97 Å². The van der Waals surface area contributed by atoms with E-state index in [4.69, 9.17) is 0 Å². The maximum Gasteiger partial charge on any atom is 0.353 e. The monoisotopic (exact) mass is 319 g/mol. The molecule has 22 heavy (non-hydrogen) atoms. The van der Waals surface area contributed by atoms with E-state index in [2.05, 4.69) is 21.4 Å². The Morgan fingerprint density at radius 2 is 2.18 bits per heavy atom. The summed E-state index contributed by atoms with van der Waals surface area (Å²) in [6, 6.07) is 4.05. The highest BCUT2D eigenvalue weighted by Crippen LogP contribution is 2.33. The van der Waals surface area contributed by atoms with Crippen LogP contribution < -0.4 is 10.2 Å². The van der Waals surface area contributed by atoms with Crippen molar-refractivity contribution in [3.05, 3.63) is 38.8 Å². The van der Waals surface area contributed by atoms with Gasteiger partial charge in [-0.05, 0) is 30.7 Å². The van der Waals surface area contributed by atoms with Gasteiger partial charge in [-0.15, -0.1) is 11.3 Å². The molecule has 2 aromatic rings. The third-order valence-electron chi connectivity index (χ3n) is 3.64. The molecule has 1 N–H and O–H groups in total. The van der Waals surface area contributed by atoms with Crippen molar-refractivity contribution in [3.8, 4) is 0 Å². The van der Waals surface area contributed by atoms with E-state index in [-0.39, 0.29) is 10.6 Å². The van der Waals surface area contributed by atoms with Crippen LogP contribution in [0.1, 0.15) is 17.7 Å². The summed E-state index contributed by atoms with van der Waals surface area (Å²) < 4.78 is 0. The molecule has 0 aliphatic carbocycles. The standard InChI is InChI=1S/C14H17N5O2S/c20-19(21)12-13(15-6-5-11-4-3-9-22-11)16-10-17-14(12)18-7-1-2-8-18/h3-4,9-10H,1-2,5-8H2,(H,15,16,17). The number of nitrogens with zero attached hydrogens (tertiary/aromatic N) is 4. The lowest BCUT2D eigenvalue weighted by molar-refractivity contribution is -0.383. The van der Waals surface area contributed by atoms with Crippen LogP contribution in [0.4, 0.5) is 17.3 Å². The van der Waals surface area contributed by atoms with Crippen LogP contribution >= 0.6 is 11.3 Å². The first kappa shape index (κ1) is 14.7. The van der Waals surface area contributed by atoms with Crippen molar-refractivity contribution in [2.24, 2.45) is 0 Å². The molecule has 3 rings (SSSR count). The third-order valence-corrected chi connectivity index (χ3v) is 4.57. The summed E-state index contributed by atoms with van der Waals surface area (Å²) in [7, 11) is 0. The SMILES string of the molecule is O=[N+]([O-])c1c(NCCc2cccs2)ncnc1N1CCCC1. The second-order valence-corrected chi connectivity index (χ2v) is 6.13. The van der Waals surface area contributed by atoms with E-state index in [0.29, 0.717) is 18.2 Å².